The third kappa shape index (κ3) is 3.38. The van der Waals surface area contributed by atoms with E-state index >= 15 is 0 Å². The van der Waals surface area contributed by atoms with Gasteiger partial charge < -0.3 is 4.90 Å². The number of aromatic nitrogens is 1. The van der Waals surface area contributed by atoms with Crippen LogP contribution in [0, 0.1) is 0 Å². The first kappa shape index (κ1) is 12.3. The second-order valence-electron chi connectivity index (χ2n) is 3.73. The lowest BCUT2D eigenvalue weighted by Gasteiger charge is -2.00. The fourth-order valence-electron chi connectivity index (χ4n) is 1.27. The van der Waals surface area contributed by atoms with Crippen molar-refractivity contribution < 1.29 is 0 Å². The molecule has 1 aromatic heterocycles. The van der Waals surface area contributed by atoms with Gasteiger partial charge in [-0.3, -0.25) is 0 Å². The highest BCUT2D eigenvalue weighted by Gasteiger charge is 2.03. The Morgan fingerprint density at radius 2 is 2.24 bits per heavy atom. The first-order valence-corrected chi connectivity index (χ1v) is 6.74. The summed E-state index contributed by atoms with van der Waals surface area (Å²) in [5, 5.41) is 2.79. The summed E-state index contributed by atoms with van der Waals surface area (Å²) in [6.45, 7) is 0. The minimum Gasteiger partial charge on any atom is -0.369 e. The zero-order chi connectivity index (χ0) is 12.3. The molecule has 0 atom stereocenters. The highest BCUT2D eigenvalue weighted by Crippen LogP contribution is 2.27. The zero-order valence-electron chi connectivity index (χ0n) is 9.59. The molecule has 0 aliphatic rings. The Bertz CT molecular complexity index is 534. The van der Waals surface area contributed by atoms with Crippen LogP contribution in [0.1, 0.15) is 0 Å². The summed E-state index contributed by atoms with van der Waals surface area (Å²) in [5.74, 6) is 0. The maximum atomic E-state index is 4.47. The van der Waals surface area contributed by atoms with E-state index in [1.807, 2.05) is 42.6 Å². The Balaban J connectivity index is 2.24. The Hall–Kier alpha value is -1.20. The lowest BCUT2D eigenvalue weighted by atomic mass is 10.2. The zero-order valence-corrected chi connectivity index (χ0v) is 12.0. The number of benzene rings is 1. The van der Waals surface area contributed by atoms with Gasteiger partial charge in [-0.25, -0.2) is 9.98 Å². The summed E-state index contributed by atoms with van der Waals surface area (Å²) >= 11 is 5.00. The highest BCUT2D eigenvalue weighted by molar-refractivity contribution is 9.10. The molecule has 2 aromatic rings. The second-order valence-corrected chi connectivity index (χ2v) is 5.49. The van der Waals surface area contributed by atoms with Crippen molar-refractivity contribution in [3.05, 3.63) is 34.1 Å². The Morgan fingerprint density at radius 1 is 1.41 bits per heavy atom. The van der Waals surface area contributed by atoms with Crippen LogP contribution in [0.15, 0.2) is 39.1 Å². The number of hydrogen-bond donors (Lipinski definition) is 0. The van der Waals surface area contributed by atoms with Gasteiger partial charge in [0.2, 0.25) is 5.13 Å². The molecule has 0 unspecified atom stereocenters. The summed E-state index contributed by atoms with van der Waals surface area (Å²) in [6, 6.07) is 8.09. The average molecular weight is 310 g/mol. The van der Waals surface area contributed by atoms with E-state index in [4.69, 9.17) is 0 Å². The molecule has 0 amide bonds. The van der Waals surface area contributed by atoms with Crippen LogP contribution in [0.5, 0.6) is 0 Å². The predicted octanol–water partition coefficient (Wildman–Crippen LogP) is 3.79. The van der Waals surface area contributed by atoms with Crippen molar-refractivity contribution >= 4 is 38.7 Å². The third-order valence-electron chi connectivity index (χ3n) is 2.01. The molecule has 0 fully saturated rings. The quantitative estimate of drug-likeness (QED) is 0.637. The number of hydrogen-bond acceptors (Lipinski definition) is 3. The molecule has 5 heteroatoms. The molecule has 0 N–H and O–H groups in total. The van der Waals surface area contributed by atoms with E-state index in [-0.39, 0.29) is 0 Å². The van der Waals surface area contributed by atoms with Gasteiger partial charge in [-0.05, 0) is 12.1 Å². The molecule has 0 radical (unpaired) electrons. The van der Waals surface area contributed by atoms with E-state index in [9.17, 15) is 0 Å². The molecule has 88 valence electrons. The molecule has 0 saturated heterocycles. The number of thiazole rings is 1. The summed E-state index contributed by atoms with van der Waals surface area (Å²) in [6.07, 6.45) is 1.75. The molecule has 0 aliphatic heterocycles. The average Bonchev–Trinajstić information content (AvgIpc) is 2.75. The monoisotopic (exact) mass is 309 g/mol. The van der Waals surface area contributed by atoms with E-state index in [2.05, 4.69) is 32.0 Å². The van der Waals surface area contributed by atoms with Crippen molar-refractivity contribution in [1.29, 1.82) is 0 Å². The van der Waals surface area contributed by atoms with Crippen molar-refractivity contribution in [2.45, 2.75) is 0 Å². The molecule has 0 saturated carbocycles. The first-order chi connectivity index (χ1) is 8.15. The van der Waals surface area contributed by atoms with Crippen LogP contribution in [0.4, 0.5) is 5.13 Å². The van der Waals surface area contributed by atoms with Crippen LogP contribution in [0.25, 0.3) is 11.3 Å². The lowest BCUT2D eigenvalue weighted by molar-refractivity contribution is 0.643. The molecule has 17 heavy (non-hydrogen) atoms. The second kappa shape index (κ2) is 5.42. The maximum Gasteiger partial charge on any atom is 0.211 e. The predicted molar refractivity (Wildman–Crippen MR) is 77.1 cm³/mol. The van der Waals surface area contributed by atoms with E-state index in [0.717, 1.165) is 20.9 Å². The Morgan fingerprint density at radius 3 is 2.94 bits per heavy atom. The van der Waals surface area contributed by atoms with Gasteiger partial charge in [-0.2, -0.15) is 0 Å². The number of nitrogens with zero attached hydrogens (tertiary/aromatic N) is 3. The van der Waals surface area contributed by atoms with Gasteiger partial charge in [0.1, 0.15) is 0 Å². The van der Waals surface area contributed by atoms with Crippen LogP contribution in [-0.4, -0.2) is 30.3 Å². The fourth-order valence-corrected chi connectivity index (χ4v) is 2.33. The van der Waals surface area contributed by atoms with Gasteiger partial charge in [-0.1, -0.05) is 28.1 Å². The molecule has 2 rings (SSSR count). The minimum absolute atomic E-state index is 0.772. The van der Waals surface area contributed by atoms with E-state index in [1.54, 1.807) is 17.7 Å². The highest BCUT2D eigenvalue weighted by atomic mass is 79.9. The Labute approximate surface area is 113 Å². The van der Waals surface area contributed by atoms with Crippen LogP contribution >= 0.6 is 27.3 Å². The van der Waals surface area contributed by atoms with E-state index in [0.29, 0.717) is 0 Å². The normalized spacial score (nSPS) is 11.0. The molecular weight excluding hydrogens is 298 g/mol. The largest absolute Gasteiger partial charge is 0.369 e. The standard InChI is InChI=1S/C12H12BrN3S/c1-16(2)8-14-12-15-11(7-17-12)9-4-3-5-10(13)6-9/h3-8H,1-2H3. The molecule has 0 bridgehead atoms. The molecule has 0 spiro atoms. The van der Waals surface area contributed by atoms with Crippen LogP contribution < -0.4 is 0 Å². The molecule has 0 aliphatic carbocycles. The topological polar surface area (TPSA) is 28.5 Å². The molecule has 3 nitrogen and oxygen atoms in total. The van der Waals surface area contributed by atoms with Crippen molar-refractivity contribution in [2.75, 3.05) is 14.1 Å². The molecular formula is C12H12BrN3S. The van der Waals surface area contributed by atoms with Crippen molar-refractivity contribution in [2.24, 2.45) is 4.99 Å². The van der Waals surface area contributed by atoms with Gasteiger partial charge in [0.25, 0.3) is 0 Å². The van der Waals surface area contributed by atoms with Crippen molar-refractivity contribution in [1.82, 2.24) is 9.88 Å². The van der Waals surface area contributed by atoms with E-state index in [1.165, 1.54) is 0 Å². The summed E-state index contributed by atoms with van der Waals surface area (Å²) in [4.78, 5) is 10.6. The number of rotatable bonds is 3. The van der Waals surface area contributed by atoms with Gasteiger partial charge >= 0.3 is 0 Å². The Kier molecular flexibility index (Phi) is 3.91. The summed E-state index contributed by atoms with van der Waals surface area (Å²) in [5.41, 5.74) is 2.06. The van der Waals surface area contributed by atoms with Gasteiger partial charge in [0.15, 0.2) is 0 Å². The number of halogens is 1. The smallest absolute Gasteiger partial charge is 0.211 e. The molecule has 1 aromatic carbocycles. The lowest BCUT2D eigenvalue weighted by Crippen LogP contribution is -2.06. The van der Waals surface area contributed by atoms with E-state index < -0.39 is 0 Å². The molecule has 1 heterocycles. The summed E-state index contributed by atoms with van der Waals surface area (Å²) < 4.78 is 1.06. The van der Waals surface area contributed by atoms with Gasteiger partial charge in [0, 0.05) is 29.5 Å². The van der Waals surface area contributed by atoms with Crippen molar-refractivity contribution in [3.8, 4) is 11.3 Å². The third-order valence-corrected chi connectivity index (χ3v) is 3.25. The van der Waals surface area contributed by atoms with Crippen molar-refractivity contribution in [3.63, 3.8) is 0 Å². The SMILES string of the molecule is CN(C)C=Nc1nc(-c2cccc(Br)c2)cs1. The van der Waals surface area contributed by atoms with Crippen LogP contribution in [0.2, 0.25) is 0 Å². The van der Waals surface area contributed by atoms with Gasteiger partial charge in [-0.15, -0.1) is 11.3 Å². The fraction of sp³-hybridized carbons (Fsp3) is 0.167. The summed E-state index contributed by atoms with van der Waals surface area (Å²) in [7, 11) is 3.87. The minimum atomic E-state index is 0.772. The van der Waals surface area contributed by atoms with Gasteiger partial charge in [0.05, 0.1) is 12.0 Å². The van der Waals surface area contributed by atoms with Crippen LogP contribution in [0.3, 0.4) is 0 Å². The first-order valence-electron chi connectivity index (χ1n) is 5.07. The maximum absolute atomic E-state index is 4.47. The number of aliphatic imine (C=N–C) groups is 1. The van der Waals surface area contributed by atoms with Crippen LogP contribution in [-0.2, 0) is 0 Å².